The third-order valence-electron chi connectivity index (χ3n) is 2.20. The summed E-state index contributed by atoms with van der Waals surface area (Å²) in [5.74, 6) is -1.83. The molecule has 1 atom stereocenters. The molecular weight excluding hydrogens is 240 g/mol. The van der Waals surface area contributed by atoms with Crippen molar-refractivity contribution in [1.82, 2.24) is 0 Å². The fourth-order valence-corrected chi connectivity index (χ4v) is 1.93. The topological polar surface area (TPSA) is 52.6 Å². The van der Waals surface area contributed by atoms with Crippen molar-refractivity contribution in [3.63, 3.8) is 0 Å². The Morgan fingerprint density at radius 2 is 2.00 bits per heavy atom. The molecule has 4 nitrogen and oxygen atoms in total. The van der Waals surface area contributed by atoms with Crippen molar-refractivity contribution in [3.05, 3.63) is 22.4 Å². The highest BCUT2D eigenvalue weighted by molar-refractivity contribution is 7.09. The molecule has 1 aromatic rings. The maximum Gasteiger partial charge on any atom is 0.320 e. The zero-order chi connectivity index (χ0) is 12.7. The molecule has 1 heterocycles. The van der Waals surface area contributed by atoms with Crippen LogP contribution in [0.2, 0.25) is 0 Å². The predicted octanol–water partition coefficient (Wildman–Crippen LogP) is 2.38. The molecular formula is C12H16O4S. The van der Waals surface area contributed by atoms with Crippen LogP contribution in [0.3, 0.4) is 0 Å². The van der Waals surface area contributed by atoms with Crippen molar-refractivity contribution in [2.24, 2.45) is 5.92 Å². The van der Waals surface area contributed by atoms with Crippen LogP contribution in [0.5, 0.6) is 0 Å². The first-order valence-corrected chi connectivity index (χ1v) is 6.42. The molecule has 1 unspecified atom stereocenters. The minimum atomic E-state index is -0.810. The molecule has 5 heteroatoms. The lowest BCUT2D eigenvalue weighted by atomic mass is 10.1. The smallest absolute Gasteiger partial charge is 0.320 e. The van der Waals surface area contributed by atoms with Gasteiger partial charge in [-0.2, -0.15) is 0 Å². The van der Waals surface area contributed by atoms with Gasteiger partial charge in [-0.25, -0.2) is 0 Å². The molecule has 0 spiro atoms. The van der Waals surface area contributed by atoms with E-state index in [4.69, 9.17) is 9.47 Å². The average molecular weight is 256 g/mol. The van der Waals surface area contributed by atoms with Gasteiger partial charge in [0.25, 0.3) is 0 Å². The Bertz CT molecular complexity index is 359. The summed E-state index contributed by atoms with van der Waals surface area (Å²) in [5.41, 5.74) is 0. The zero-order valence-electron chi connectivity index (χ0n) is 9.97. The summed E-state index contributed by atoms with van der Waals surface area (Å²) < 4.78 is 9.89. The molecule has 1 aromatic heterocycles. The normalized spacial score (nSPS) is 11.9. The lowest BCUT2D eigenvalue weighted by Gasteiger charge is -2.12. The number of hydrogen-bond donors (Lipinski definition) is 0. The molecule has 94 valence electrons. The van der Waals surface area contributed by atoms with E-state index in [1.165, 1.54) is 11.3 Å². The van der Waals surface area contributed by atoms with Crippen molar-refractivity contribution in [3.8, 4) is 0 Å². The summed E-state index contributed by atoms with van der Waals surface area (Å²) >= 11 is 1.51. The molecule has 0 bridgehead atoms. The van der Waals surface area contributed by atoms with Crippen LogP contribution in [0.25, 0.3) is 0 Å². The molecule has 1 rings (SSSR count). The fourth-order valence-electron chi connectivity index (χ4n) is 1.31. The van der Waals surface area contributed by atoms with Gasteiger partial charge >= 0.3 is 11.9 Å². The van der Waals surface area contributed by atoms with Crippen molar-refractivity contribution in [1.29, 1.82) is 0 Å². The summed E-state index contributed by atoms with van der Waals surface area (Å²) in [5, 5.41) is 1.91. The van der Waals surface area contributed by atoms with Crippen LogP contribution >= 0.6 is 11.3 Å². The second-order valence-corrected chi connectivity index (χ2v) is 4.43. The van der Waals surface area contributed by atoms with Crippen molar-refractivity contribution >= 4 is 23.3 Å². The Hall–Kier alpha value is -1.36. The third kappa shape index (κ3) is 4.19. The third-order valence-corrected chi connectivity index (χ3v) is 3.05. The summed E-state index contributed by atoms with van der Waals surface area (Å²) in [4.78, 5) is 24.1. The maximum atomic E-state index is 11.7. The molecule has 0 saturated heterocycles. The molecule has 0 saturated carbocycles. The number of rotatable bonds is 6. The molecule has 17 heavy (non-hydrogen) atoms. The quantitative estimate of drug-likeness (QED) is 0.579. The standard InChI is InChI=1S/C12H16O4S/c1-3-10(11(13)15-4-2)12(14)16-8-9-6-5-7-17-9/h5-7,10H,3-4,8H2,1-2H3. The van der Waals surface area contributed by atoms with E-state index < -0.39 is 17.9 Å². The first kappa shape index (κ1) is 13.7. The van der Waals surface area contributed by atoms with Gasteiger partial charge in [-0.3, -0.25) is 9.59 Å². The van der Waals surface area contributed by atoms with Crippen LogP contribution < -0.4 is 0 Å². The van der Waals surface area contributed by atoms with Gasteiger partial charge in [0, 0.05) is 4.88 Å². The number of carbonyl (C=O) groups is 2. The summed E-state index contributed by atoms with van der Waals surface area (Å²) in [6.07, 6.45) is 0.391. The fraction of sp³-hybridized carbons (Fsp3) is 0.500. The van der Waals surface area contributed by atoms with Crippen LogP contribution in [0.4, 0.5) is 0 Å². The summed E-state index contributed by atoms with van der Waals surface area (Å²) in [6, 6.07) is 3.76. The van der Waals surface area contributed by atoms with Crippen molar-refractivity contribution < 1.29 is 19.1 Å². The molecule has 0 radical (unpaired) electrons. The number of carbonyl (C=O) groups excluding carboxylic acids is 2. The van der Waals surface area contributed by atoms with Crippen LogP contribution in [-0.4, -0.2) is 18.5 Å². The van der Waals surface area contributed by atoms with E-state index in [9.17, 15) is 9.59 Å². The Balaban J connectivity index is 2.46. The minimum absolute atomic E-state index is 0.215. The molecule has 0 aliphatic carbocycles. The Morgan fingerprint density at radius 1 is 1.29 bits per heavy atom. The predicted molar refractivity (Wildman–Crippen MR) is 64.5 cm³/mol. The van der Waals surface area contributed by atoms with E-state index in [1.807, 2.05) is 17.5 Å². The van der Waals surface area contributed by atoms with Crippen LogP contribution in [0.1, 0.15) is 25.1 Å². The lowest BCUT2D eigenvalue weighted by Crippen LogP contribution is -2.27. The average Bonchev–Trinajstić information content (AvgIpc) is 2.80. The zero-order valence-corrected chi connectivity index (χ0v) is 10.8. The summed E-state index contributed by atoms with van der Waals surface area (Å²) in [6.45, 7) is 3.95. The SMILES string of the molecule is CCOC(=O)C(CC)C(=O)OCc1cccs1. The first-order valence-electron chi connectivity index (χ1n) is 5.54. The lowest BCUT2D eigenvalue weighted by molar-refractivity contribution is -0.162. The maximum absolute atomic E-state index is 11.7. The largest absolute Gasteiger partial charge is 0.465 e. The highest BCUT2D eigenvalue weighted by atomic mass is 32.1. The number of esters is 2. The molecule has 0 fully saturated rings. The highest BCUT2D eigenvalue weighted by Gasteiger charge is 2.27. The van der Waals surface area contributed by atoms with E-state index >= 15 is 0 Å². The van der Waals surface area contributed by atoms with Crippen LogP contribution in [-0.2, 0) is 25.7 Å². The molecule has 0 N–H and O–H groups in total. The van der Waals surface area contributed by atoms with E-state index in [1.54, 1.807) is 13.8 Å². The molecule has 0 amide bonds. The Morgan fingerprint density at radius 3 is 2.53 bits per heavy atom. The number of thiophene rings is 1. The van der Waals surface area contributed by atoms with E-state index in [2.05, 4.69) is 0 Å². The summed E-state index contributed by atoms with van der Waals surface area (Å²) in [7, 11) is 0. The van der Waals surface area contributed by atoms with Gasteiger partial charge in [0.1, 0.15) is 6.61 Å². The van der Waals surface area contributed by atoms with Crippen molar-refractivity contribution in [2.45, 2.75) is 26.9 Å². The van der Waals surface area contributed by atoms with Gasteiger partial charge in [0.15, 0.2) is 5.92 Å². The second-order valence-electron chi connectivity index (χ2n) is 3.40. The molecule has 0 aromatic carbocycles. The highest BCUT2D eigenvalue weighted by Crippen LogP contribution is 2.13. The number of hydrogen-bond acceptors (Lipinski definition) is 5. The second kappa shape index (κ2) is 7.06. The Kier molecular flexibility index (Phi) is 5.69. The number of ether oxygens (including phenoxy) is 2. The Labute approximate surface area is 105 Å². The van der Waals surface area contributed by atoms with Crippen LogP contribution in [0, 0.1) is 5.92 Å². The van der Waals surface area contributed by atoms with Gasteiger partial charge in [0.2, 0.25) is 0 Å². The van der Waals surface area contributed by atoms with Crippen LogP contribution in [0.15, 0.2) is 17.5 Å². The molecule has 0 aliphatic rings. The molecule has 0 aliphatic heterocycles. The van der Waals surface area contributed by atoms with Gasteiger partial charge in [-0.05, 0) is 24.8 Å². The van der Waals surface area contributed by atoms with E-state index in [0.717, 1.165) is 4.88 Å². The van der Waals surface area contributed by atoms with Crippen molar-refractivity contribution in [2.75, 3.05) is 6.61 Å². The van der Waals surface area contributed by atoms with E-state index in [-0.39, 0.29) is 13.2 Å². The monoisotopic (exact) mass is 256 g/mol. The van der Waals surface area contributed by atoms with Gasteiger partial charge in [0.05, 0.1) is 6.61 Å². The minimum Gasteiger partial charge on any atom is -0.465 e. The van der Waals surface area contributed by atoms with Gasteiger partial charge < -0.3 is 9.47 Å². The first-order chi connectivity index (χ1) is 8.19. The van der Waals surface area contributed by atoms with Gasteiger partial charge in [-0.15, -0.1) is 11.3 Å². The van der Waals surface area contributed by atoms with E-state index in [0.29, 0.717) is 6.42 Å². The van der Waals surface area contributed by atoms with Gasteiger partial charge in [-0.1, -0.05) is 13.0 Å².